The highest BCUT2D eigenvalue weighted by Gasteiger charge is 2.20. The van der Waals surface area contributed by atoms with Crippen LogP contribution in [-0.4, -0.2) is 19.5 Å². The first kappa shape index (κ1) is 18.4. The number of fused-ring (bicyclic) bond motifs is 1. The fourth-order valence-corrected chi connectivity index (χ4v) is 3.41. The summed E-state index contributed by atoms with van der Waals surface area (Å²) >= 11 is 0. The Kier molecular flexibility index (Phi) is 4.80. The molecule has 0 aliphatic rings. The van der Waals surface area contributed by atoms with Crippen molar-refractivity contribution in [2.75, 3.05) is 5.73 Å². The molecule has 1 unspecified atom stereocenters. The number of nitriles is 1. The minimum Gasteiger partial charge on any atom is -0.383 e. The average molecular weight is 380 g/mol. The average Bonchev–Trinajstić information content (AvgIpc) is 3.13. The Bertz CT molecular complexity index is 1230. The van der Waals surface area contributed by atoms with Gasteiger partial charge in [-0.1, -0.05) is 18.2 Å². The van der Waals surface area contributed by atoms with E-state index in [1.54, 1.807) is 18.3 Å². The first-order valence-electron chi connectivity index (χ1n) is 9.33. The first-order chi connectivity index (χ1) is 14.1. The van der Waals surface area contributed by atoms with Crippen LogP contribution in [0, 0.1) is 11.3 Å². The molecule has 0 bridgehead atoms. The number of hydrogen-bond donors (Lipinski definition) is 1. The molecule has 3 aromatic heterocycles. The lowest BCUT2D eigenvalue weighted by atomic mass is 10.1. The Labute approximate surface area is 169 Å². The van der Waals surface area contributed by atoms with Gasteiger partial charge in [-0.3, -0.25) is 0 Å². The van der Waals surface area contributed by atoms with Gasteiger partial charge in [-0.05, 0) is 49.7 Å². The maximum Gasteiger partial charge on any atom is 0.161 e. The molecule has 0 aliphatic heterocycles. The highest BCUT2D eigenvalue weighted by Crippen LogP contribution is 2.32. The maximum absolute atomic E-state index is 9.02. The van der Waals surface area contributed by atoms with E-state index in [0.29, 0.717) is 11.4 Å². The molecule has 0 saturated carbocycles. The topological polar surface area (TPSA) is 93.4 Å². The molecule has 0 aliphatic carbocycles. The van der Waals surface area contributed by atoms with E-state index in [1.165, 1.54) is 0 Å². The number of imidazole rings is 1. The molecule has 142 valence electrons. The summed E-state index contributed by atoms with van der Waals surface area (Å²) in [7, 11) is 0. The fourth-order valence-electron chi connectivity index (χ4n) is 3.41. The number of benzene rings is 1. The molecule has 0 spiro atoms. The van der Waals surface area contributed by atoms with Gasteiger partial charge in [0.25, 0.3) is 0 Å². The number of rotatable bonds is 5. The SMILES string of the molecule is C=CCC(C)n1c(-c2cccnc2N)nc2ccc(-c3ccc(C#N)cc3)nc21. The summed E-state index contributed by atoms with van der Waals surface area (Å²) in [4.78, 5) is 13.9. The van der Waals surface area contributed by atoms with Crippen molar-refractivity contribution in [2.24, 2.45) is 0 Å². The summed E-state index contributed by atoms with van der Waals surface area (Å²) < 4.78 is 2.09. The van der Waals surface area contributed by atoms with E-state index in [9.17, 15) is 0 Å². The number of pyridine rings is 2. The van der Waals surface area contributed by atoms with Gasteiger partial charge < -0.3 is 10.3 Å². The summed E-state index contributed by atoms with van der Waals surface area (Å²) in [5.41, 5.74) is 10.9. The van der Waals surface area contributed by atoms with Gasteiger partial charge in [0.05, 0.1) is 22.9 Å². The van der Waals surface area contributed by atoms with E-state index in [0.717, 1.165) is 40.2 Å². The van der Waals surface area contributed by atoms with Crippen LogP contribution in [-0.2, 0) is 0 Å². The number of allylic oxidation sites excluding steroid dienone is 1. The predicted octanol–water partition coefficient (Wildman–Crippen LogP) is 4.75. The van der Waals surface area contributed by atoms with Crippen LogP contribution in [0.4, 0.5) is 5.82 Å². The van der Waals surface area contributed by atoms with Crippen LogP contribution >= 0.6 is 0 Å². The molecule has 0 fully saturated rings. The van der Waals surface area contributed by atoms with E-state index < -0.39 is 0 Å². The third kappa shape index (κ3) is 3.34. The van der Waals surface area contributed by atoms with Crippen LogP contribution in [0.15, 0.2) is 67.4 Å². The number of aromatic nitrogens is 4. The molecule has 1 atom stereocenters. The van der Waals surface area contributed by atoms with E-state index in [4.69, 9.17) is 21.0 Å². The highest BCUT2D eigenvalue weighted by atomic mass is 15.2. The Morgan fingerprint density at radius 3 is 2.66 bits per heavy atom. The van der Waals surface area contributed by atoms with E-state index >= 15 is 0 Å². The second-order valence-electron chi connectivity index (χ2n) is 6.84. The van der Waals surface area contributed by atoms with Gasteiger partial charge >= 0.3 is 0 Å². The Morgan fingerprint density at radius 2 is 1.97 bits per heavy atom. The largest absolute Gasteiger partial charge is 0.383 e. The van der Waals surface area contributed by atoms with Crippen molar-refractivity contribution in [3.8, 4) is 28.7 Å². The first-order valence-corrected chi connectivity index (χ1v) is 9.33. The fraction of sp³-hybridized carbons (Fsp3) is 0.130. The van der Waals surface area contributed by atoms with Crippen LogP contribution in [0.5, 0.6) is 0 Å². The summed E-state index contributed by atoms with van der Waals surface area (Å²) in [5.74, 6) is 1.17. The zero-order valence-electron chi connectivity index (χ0n) is 16.1. The van der Waals surface area contributed by atoms with Gasteiger partial charge in [-0.25, -0.2) is 15.0 Å². The minimum absolute atomic E-state index is 0.0934. The van der Waals surface area contributed by atoms with Gasteiger partial charge in [-0.15, -0.1) is 6.58 Å². The van der Waals surface area contributed by atoms with Gasteiger partial charge in [0.2, 0.25) is 0 Å². The van der Waals surface area contributed by atoms with E-state index in [-0.39, 0.29) is 6.04 Å². The van der Waals surface area contributed by atoms with Crippen molar-refractivity contribution in [1.82, 2.24) is 19.5 Å². The summed E-state index contributed by atoms with van der Waals surface area (Å²) in [6, 6.07) is 17.3. The van der Waals surface area contributed by atoms with E-state index in [2.05, 4.69) is 29.1 Å². The smallest absolute Gasteiger partial charge is 0.161 e. The third-order valence-corrected chi connectivity index (χ3v) is 4.88. The second-order valence-corrected chi connectivity index (χ2v) is 6.84. The van der Waals surface area contributed by atoms with Gasteiger partial charge in [-0.2, -0.15) is 5.26 Å². The molecule has 29 heavy (non-hydrogen) atoms. The van der Waals surface area contributed by atoms with Gasteiger partial charge in [0.1, 0.15) is 17.2 Å². The van der Waals surface area contributed by atoms with Crippen molar-refractivity contribution in [3.05, 3.63) is 72.9 Å². The molecule has 3 heterocycles. The molecule has 4 rings (SSSR count). The summed E-state index contributed by atoms with van der Waals surface area (Å²) in [5, 5.41) is 9.02. The van der Waals surface area contributed by atoms with Crippen molar-refractivity contribution in [1.29, 1.82) is 5.26 Å². The highest BCUT2D eigenvalue weighted by molar-refractivity contribution is 5.82. The molecule has 0 radical (unpaired) electrons. The third-order valence-electron chi connectivity index (χ3n) is 4.88. The van der Waals surface area contributed by atoms with Crippen LogP contribution in [0.3, 0.4) is 0 Å². The standard InChI is InChI=1S/C23H20N6/c1-3-5-15(2)29-22(18-6-4-13-26-21(18)25)28-20-12-11-19(27-23(20)29)17-9-7-16(14-24)8-10-17/h3-4,6-13,15H,1,5H2,2H3,(H2,25,26). The summed E-state index contributed by atoms with van der Waals surface area (Å²) in [6.45, 7) is 5.98. The second kappa shape index (κ2) is 7.56. The lowest BCUT2D eigenvalue weighted by Gasteiger charge is -2.16. The Balaban J connectivity index is 1.93. The van der Waals surface area contributed by atoms with Crippen LogP contribution in [0.1, 0.15) is 24.9 Å². The van der Waals surface area contributed by atoms with Crippen LogP contribution < -0.4 is 5.73 Å². The monoisotopic (exact) mass is 380 g/mol. The molecule has 6 heteroatoms. The Morgan fingerprint density at radius 1 is 1.17 bits per heavy atom. The normalized spacial score (nSPS) is 11.9. The zero-order chi connectivity index (χ0) is 20.4. The lowest BCUT2D eigenvalue weighted by Crippen LogP contribution is -2.08. The number of anilines is 1. The van der Waals surface area contributed by atoms with Crippen LogP contribution in [0.25, 0.3) is 33.8 Å². The number of nitrogens with zero attached hydrogens (tertiary/aromatic N) is 5. The summed E-state index contributed by atoms with van der Waals surface area (Å²) in [6.07, 6.45) is 4.32. The lowest BCUT2D eigenvalue weighted by molar-refractivity contribution is 0.572. The Hall–Kier alpha value is -3.98. The minimum atomic E-state index is 0.0934. The number of nitrogen functional groups attached to an aromatic ring is 1. The van der Waals surface area contributed by atoms with Crippen molar-refractivity contribution < 1.29 is 0 Å². The molecule has 0 amide bonds. The van der Waals surface area contributed by atoms with Gasteiger partial charge in [0, 0.05) is 17.8 Å². The van der Waals surface area contributed by atoms with E-state index in [1.807, 2.05) is 42.5 Å². The molecule has 2 N–H and O–H groups in total. The van der Waals surface area contributed by atoms with Crippen molar-refractivity contribution in [3.63, 3.8) is 0 Å². The predicted molar refractivity (Wildman–Crippen MR) is 115 cm³/mol. The van der Waals surface area contributed by atoms with Crippen LogP contribution in [0.2, 0.25) is 0 Å². The molecule has 1 aromatic carbocycles. The maximum atomic E-state index is 9.02. The number of hydrogen-bond acceptors (Lipinski definition) is 5. The molecule has 0 saturated heterocycles. The molecule has 4 aromatic rings. The van der Waals surface area contributed by atoms with Crippen molar-refractivity contribution >= 4 is 17.0 Å². The zero-order valence-corrected chi connectivity index (χ0v) is 16.1. The molecular formula is C23H20N6. The van der Waals surface area contributed by atoms with Gasteiger partial charge in [0.15, 0.2) is 5.65 Å². The molecular weight excluding hydrogens is 360 g/mol. The number of nitrogens with two attached hydrogens (primary N) is 1. The molecule has 6 nitrogen and oxygen atoms in total. The van der Waals surface area contributed by atoms with Crippen molar-refractivity contribution in [2.45, 2.75) is 19.4 Å². The quantitative estimate of drug-likeness (QED) is 0.504.